The SMILES string of the molecule is Cc1ccccc1-c1noc(CSc2cccc(O)c2)n1. The fraction of sp³-hybridized carbons (Fsp3) is 0.125. The molecule has 0 atom stereocenters. The highest BCUT2D eigenvalue weighted by atomic mass is 32.2. The molecule has 3 rings (SSSR count). The molecule has 0 unspecified atom stereocenters. The molecule has 1 aromatic heterocycles. The van der Waals surface area contributed by atoms with Crippen LogP contribution in [0.3, 0.4) is 0 Å². The Labute approximate surface area is 126 Å². The zero-order chi connectivity index (χ0) is 14.7. The second kappa shape index (κ2) is 6.01. The van der Waals surface area contributed by atoms with E-state index in [1.807, 2.05) is 43.3 Å². The van der Waals surface area contributed by atoms with Crippen molar-refractivity contribution in [2.45, 2.75) is 17.6 Å². The summed E-state index contributed by atoms with van der Waals surface area (Å²) in [5.74, 6) is 2.01. The van der Waals surface area contributed by atoms with Crippen LogP contribution in [0.25, 0.3) is 11.4 Å². The Bertz CT molecular complexity index is 755. The quantitative estimate of drug-likeness (QED) is 0.736. The number of hydrogen-bond acceptors (Lipinski definition) is 5. The molecule has 1 N–H and O–H groups in total. The molecule has 1 heterocycles. The molecule has 0 radical (unpaired) electrons. The van der Waals surface area contributed by atoms with Crippen LogP contribution in [0.15, 0.2) is 57.9 Å². The maximum atomic E-state index is 9.43. The molecular weight excluding hydrogens is 284 g/mol. The highest BCUT2D eigenvalue weighted by molar-refractivity contribution is 7.98. The van der Waals surface area contributed by atoms with E-state index in [2.05, 4.69) is 10.1 Å². The molecule has 0 amide bonds. The van der Waals surface area contributed by atoms with E-state index in [1.165, 1.54) is 0 Å². The summed E-state index contributed by atoms with van der Waals surface area (Å²) in [6, 6.07) is 15.0. The molecular formula is C16H14N2O2S. The third-order valence-electron chi connectivity index (χ3n) is 3.03. The number of nitrogens with zero attached hydrogens (tertiary/aromatic N) is 2. The normalized spacial score (nSPS) is 10.7. The lowest BCUT2D eigenvalue weighted by Crippen LogP contribution is -1.85. The Kier molecular flexibility index (Phi) is 3.92. The molecule has 0 saturated heterocycles. The maximum Gasteiger partial charge on any atom is 0.237 e. The molecule has 0 aliphatic rings. The zero-order valence-electron chi connectivity index (χ0n) is 11.5. The van der Waals surface area contributed by atoms with Crippen LogP contribution >= 0.6 is 11.8 Å². The summed E-state index contributed by atoms with van der Waals surface area (Å²) >= 11 is 1.54. The van der Waals surface area contributed by atoms with Crippen LogP contribution in [0.4, 0.5) is 0 Å². The van der Waals surface area contributed by atoms with Crippen LogP contribution in [0.5, 0.6) is 5.75 Å². The lowest BCUT2D eigenvalue weighted by Gasteiger charge is -1.99. The van der Waals surface area contributed by atoms with Gasteiger partial charge in [-0.15, -0.1) is 11.8 Å². The Balaban J connectivity index is 1.72. The summed E-state index contributed by atoms with van der Waals surface area (Å²) in [4.78, 5) is 5.38. The van der Waals surface area contributed by atoms with Crippen molar-refractivity contribution in [2.75, 3.05) is 0 Å². The molecule has 0 saturated carbocycles. The van der Waals surface area contributed by atoms with Gasteiger partial charge in [0.05, 0.1) is 5.75 Å². The minimum Gasteiger partial charge on any atom is -0.508 e. The fourth-order valence-electron chi connectivity index (χ4n) is 1.97. The van der Waals surface area contributed by atoms with Gasteiger partial charge in [-0.2, -0.15) is 4.98 Å². The molecule has 0 fully saturated rings. The summed E-state index contributed by atoms with van der Waals surface area (Å²) < 4.78 is 5.28. The van der Waals surface area contributed by atoms with Gasteiger partial charge in [-0.3, -0.25) is 0 Å². The number of aromatic hydroxyl groups is 1. The van der Waals surface area contributed by atoms with E-state index in [4.69, 9.17) is 4.52 Å². The highest BCUT2D eigenvalue weighted by Gasteiger charge is 2.10. The van der Waals surface area contributed by atoms with Crippen LogP contribution in [-0.2, 0) is 5.75 Å². The molecule has 3 aromatic rings. The average molecular weight is 298 g/mol. The van der Waals surface area contributed by atoms with Gasteiger partial charge in [-0.1, -0.05) is 35.5 Å². The zero-order valence-corrected chi connectivity index (χ0v) is 12.3. The molecule has 2 aromatic carbocycles. The van der Waals surface area contributed by atoms with Crippen molar-refractivity contribution in [3.8, 4) is 17.1 Å². The second-order valence-electron chi connectivity index (χ2n) is 4.61. The van der Waals surface area contributed by atoms with Crippen molar-refractivity contribution in [1.29, 1.82) is 0 Å². The van der Waals surface area contributed by atoms with Crippen molar-refractivity contribution in [2.24, 2.45) is 0 Å². The van der Waals surface area contributed by atoms with Crippen LogP contribution < -0.4 is 0 Å². The van der Waals surface area contributed by atoms with Gasteiger partial charge >= 0.3 is 0 Å². The molecule has 5 heteroatoms. The van der Waals surface area contributed by atoms with E-state index < -0.39 is 0 Å². The van der Waals surface area contributed by atoms with Gasteiger partial charge in [0, 0.05) is 10.5 Å². The van der Waals surface area contributed by atoms with Gasteiger partial charge in [-0.05, 0) is 30.7 Å². The third kappa shape index (κ3) is 3.25. The molecule has 4 nitrogen and oxygen atoms in total. The standard InChI is InChI=1S/C16H14N2O2S/c1-11-5-2-3-8-14(11)16-17-15(20-18-16)10-21-13-7-4-6-12(19)9-13/h2-9,19H,10H2,1H3. The van der Waals surface area contributed by atoms with Gasteiger partial charge in [0.15, 0.2) is 0 Å². The maximum absolute atomic E-state index is 9.43. The first-order chi connectivity index (χ1) is 10.2. The molecule has 0 aliphatic heterocycles. The minimum absolute atomic E-state index is 0.256. The van der Waals surface area contributed by atoms with Gasteiger partial charge < -0.3 is 9.63 Å². The second-order valence-corrected chi connectivity index (χ2v) is 5.66. The first-order valence-corrected chi connectivity index (χ1v) is 7.51. The lowest BCUT2D eigenvalue weighted by molar-refractivity contribution is 0.391. The molecule has 21 heavy (non-hydrogen) atoms. The number of aryl methyl sites for hydroxylation is 1. The highest BCUT2D eigenvalue weighted by Crippen LogP contribution is 2.26. The van der Waals surface area contributed by atoms with Crippen LogP contribution in [0.2, 0.25) is 0 Å². The first-order valence-electron chi connectivity index (χ1n) is 6.53. The lowest BCUT2D eigenvalue weighted by atomic mass is 10.1. The van der Waals surface area contributed by atoms with Gasteiger partial charge in [0.1, 0.15) is 5.75 Å². The number of phenols is 1. The van der Waals surface area contributed by atoms with Crippen LogP contribution in [0, 0.1) is 6.92 Å². The van der Waals surface area contributed by atoms with Crippen molar-refractivity contribution in [3.63, 3.8) is 0 Å². The summed E-state index contributed by atoms with van der Waals surface area (Å²) in [6.07, 6.45) is 0. The molecule has 0 spiro atoms. The van der Waals surface area contributed by atoms with E-state index in [-0.39, 0.29) is 5.75 Å². The van der Waals surface area contributed by atoms with E-state index in [9.17, 15) is 5.11 Å². The third-order valence-corrected chi connectivity index (χ3v) is 4.01. The number of rotatable bonds is 4. The number of aromatic nitrogens is 2. The molecule has 0 aliphatic carbocycles. The predicted molar refractivity (Wildman–Crippen MR) is 82.1 cm³/mol. The Hall–Kier alpha value is -2.27. The van der Waals surface area contributed by atoms with E-state index in [0.29, 0.717) is 17.5 Å². The number of hydrogen-bond donors (Lipinski definition) is 1. The van der Waals surface area contributed by atoms with E-state index in [0.717, 1.165) is 16.0 Å². The Morgan fingerprint density at radius 1 is 1.14 bits per heavy atom. The molecule has 106 valence electrons. The summed E-state index contributed by atoms with van der Waals surface area (Å²) in [6.45, 7) is 2.02. The van der Waals surface area contributed by atoms with Crippen molar-refractivity contribution >= 4 is 11.8 Å². The summed E-state index contributed by atoms with van der Waals surface area (Å²) in [7, 11) is 0. The number of benzene rings is 2. The largest absolute Gasteiger partial charge is 0.508 e. The summed E-state index contributed by atoms with van der Waals surface area (Å²) in [5.41, 5.74) is 2.10. The van der Waals surface area contributed by atoms with E-state index >= 15 is 0 Å². The van der Waals surface area contributed by atoms with Gasteiger partial charge in [-0.25, -0.2) is 0 Å². The van der Waals surface area contributed by atoms with Crippen molar-refractivity contribution in [1.82, 2.24) is 10.1 Å². The van der Waals surface area contributed by atoms with E-state index in [1.54, 1.807) is 23.9 Å². The fourth-order valence-corrected chi connectivity index (χ4v) is 2.75. The smallest absolute Gasteiger partial charge is 0.237 e. The minimum atomic E-state index is 0.256. The van der Waals surface area contributed by atoms with Gasteiger partial charge in [0.2, 0.25) is 11.7 Å². The van der Waals surface area contributed by atoms with Crippen LogP contribution in [0.1, 0.15) is 11.5 Å². The Morgan fingerprint density at radius 2 is 2.00 bits per heavy atom. The number of thioether (sulfide) groups is 1. The first kappa shape index (κ1) is 13.7. The van der Waals surface area contributed by atoms with Gasteiger partial charge in [0.25, 0.3) is 0 Å². The van der Waals surface area contributed by atoms with Crippen molar-refractivity contribution in [3.05, 3.63) is 60.0 Å². The summed E-state index contributed by atoms with van der Waals surface area (Å²) in [5, 5.41) is 13.5. The predicted octanol–water partition coefficient (Wildman–Crippen LogP) is 4.04. The molecule has 0 bridgehead atoms. The topological polar surface area (TPSA) is 59.2 Å². The van der Waals surface area contributed by atoms with Crippen LogP contribution in [-0.4, -0.2) is 15.2 Å². The number of phenolic OH excluding ortho intramolecular Hbond substituents is 1. The average Bonchev–Trinajstić information content (AvgIpc) is 2.94. The monoisotopic (exact) mass is 298 g/mol. The Morgan fingerprint density at radius 3 is 2.81 bits per heavy atom. The van der Waals surface area contributed by atoms with Crippen molar-refractivity contribution < 1.29 is 9.63 Å².